The summed E-state index contributed by atoms with van der Waals surface area (Å²) in [5, 5.41) is 8.90. The average molecular weight is 377 g/mol. The molecule has 27 heavy (non-hydrogen) atoms. The molecule has 0 aromatic heterocycles. The highest BCUT2D eigenvalue weighted by Gasteiger charge is 2.14. The summed E-state index contributed by atoms with van der Waals surface area (Å²) in [6, 6.07) is 5.45. The molecule has 2 atom stereocenters. The van der Waals surface area contributed by atoms with Gasteiger partial charge in [-0.15, -0.1) is 0 Å². The average Bonchev–Trinajstić information content (AvgIpc) is 2.69. The first-order chi connectivity index (χ1) is 13.2. The highest BCUT2D eigenvalue weighted by Crippen LogP contribution is 2.33. The largest absolute Gasteiger partial charge is 0.569 e. The Labute approximate surface area is 166 Å². The lowest BCUT2D eigenvalue weighted by Crippen LogP contribution is -2.14. The number of benzene rings is 1. The van der Waals surface area contributed by atoms with Gasteiger partial charge < -0.3 is 19.2 Å². The first-order valence-corrected chi connectivity index (χ1v) is 10.7. The van der Waals surface area contributed by atoms with Crippen LogP contribution in [0.5, 0.6) is 17.2 Å². The Kier molecular flexibility index (Phi) is 12.9. The molecule has 1 aromatic rings. The van der Waals surface area contributed by atoms with Crippen molar-refractivity contribution in [3.05, 3.63) is 18.2 Å². The van der Waals surface area contributed by atoms with Crippen molar-refractivity contribution >= 4 is 7.69 Å². The molecule has 0 spiro atoms. The minimum atomic E-state index is 0.541. The van der Waals surface area contributed by atoms with Crippen LogP contribution < -0.4 is 14.1 Å². The Morgan fingerprint density at radius 3 is 1.89 bits per heavy atom. The lowest BCUT2D eigenvalue weighted by molar-refractivity contribution is 0.199. The molecule has 0 aliphatic heterocycles. The smallest absolute Gasteiger partial charge is 0.537 e. The quantitative estimate of drug-likeness (QED) is 0.371. The summed E-state index contributed by atoms with van der Waals surface area (Å²) in [7, 11) is 0.688. The molecule has 0 saturated carbocycles. The zero-order valence-corrected chi connectivity index (χ0v) is 17.7. The number of hydrogen-bond donors (Lipinski definition) is 1. The highest BCUT2D eigenvalue weighted by atomic mass is 16.5. The Hall–Kier alpha value is -1.36. The summed E-state index contributed by atoms with van der Waals surface area (Å²) in [5.74, 6) is 3.09. The third-order valence-corrected chi connectivity index (χ3v) is 5.14. The van der Waals surface area contributed by atoms with E-state index in [0.717, 1.165) is 18.6 Å². The maximum Gasteiger partial charge on any atom is 0.569 e. The lowest BCUT2D eigenvalue weighted by atomic mass is 10.0. The minimum absolute atomic E-state index is 0.541. The standard InChI is InChI=1S/C22H38BO4/c1-5-9-11-18(7-3)16-25-21-14-13-20(27-23-24)15-22(21)26-17-19(8-4)12-10-6-2/h13-15,18-19,24H,5-12,16-17H2,1-4H3. The van der Waals surface area contributed by atoms with Gasteiger partial charge in [0.25, 0.3) is 0 Å². The molecule has 0 aliphatic rings. The van der Waals surface area contributed by atoms with Gasteiger partial charge in [0.2, 0.25) is 0 Å². The first kappa shape index (κ1) is 23.7. The van der Waals surface area contributed by atoms with E-state index in [1.54, 1.807) is 12.1 Å². The molecule has 4 nitrogen and oxygen atoms in total. The van der Waals surface area contributed by atoms with E-state index >= 15 is 0 Å². The molecule has 0 bridgehead atoms. The van der Waals surface area contributed by atoms with Crippen molar-refractivity contribution in [2.75, 3.05) is 13.2 Å². The van der Waals surface area contributed by atoms with E-state index in [-0.39, 0.29) is 0 Å². The van der Waals surface area contributed by atoms with E-state index in [0.29, 0.717) is 44.2 Å². The van der Waals surface area contributed by atoms with Gasteiger partial charge in [-0.05, 0) is 36.8 Å². The fourth-order valence-electron chi connectivity index (χ4n) is 3.07. The van der Waals surface area contributed by atoms with Crippen molar-refractivity contribution in [3.63, 3.8) is 0 Å². The van der Waals surface area contributed by atoms with E-state index in [4.69, 9.17) is 19.2 Å². The van der Waals surface area contributed by atoms with Crippen LogP contribution in [0.3, 0.4) is 0 Å². The van der Waals surface area contributed by atoms with E-state index < -0.39 is 0 Å². The SMILES string of the molecule is CCCCC(CC)COc1ccc(O[B]O)cc1OCC(CC)CCCC. The van der Waals surface area contributed by atoms with Crippen molar-refractivity contribution < 1.29 is 19.2 Å². The highest BCUT2D eigenvalue weighted by molar-refractivity contribution is 6.17. The van der Waals surface area contributed by atoms with Crippen molar-refractivity contribution in [3.8, 4) is 17.2 Å². The van der Waals surface area contributed by atoms with Gasteiger partial charge >= 0.3 is 7.69 Å². The fraction of sp³-hybridized carbons (Fsp3) is 0.727. The summed E-state index contributed by atoms with van der Waals surface area (Å²) in [6.45, 7) is 10.2. The lowest BCUT2D eigenvalue weighted by Gasteiger charge is -2.20. The molecule has 5 heteroatoms. The van der Waals surface area contributed by atoms with Crippen molar-refractivity contribution in [2.24, 2.45) is 11.8 Å². The van der Waals surface area contributed by atoms with E-state index in [2.05, 4.69) is 27.7 Å². The van der Waals surface area contributed by atoms with E-state index in [9.17, 15) is 0 Å². The van der Waals surface area contributed by atoms with Gasteiger partial charge in [0, 0.05) is 6.07 Å². The predicted octanol–water partition coefficient (Wildman–Crippen LogP) is 5.78. The van der Waals surface area contributed by atoms with Gasteiger partial charge in [0.1, 0.15) is 5.75 Å². The molecule has 153 valence electrons. The summed E-state index contributed by atoms with van der Waals surface area (Å²) < 4.78 is 17.3. The summed E-state index contributed by atoms with van der Waals surface area (Å²) >= 11 is 0. The van der Waals surface area contributed by atoms with Crippen LogP contribution in [0.1, 0.15) is 79.1 Å². The van der Waals surface area contributed by atoms with Crippen LogP contribution in [0.25, 0.3) is 0 Å². The number of hydrogen-bond acceptors (Lipinski definition) is 4. The van der Waals surface area contributed by atoms with Crippen LogP contribution in [-0.2, 0) is 0 Å². The first-order valence-electron chi connectivity index (χ1n) is 10.7. The fourth-order valence-corrected chi connectivity index (χ4v) is 3.07. The minimum Gasteiger partial charge on any atom is -0.537 e. The van der Waals surface area contributed by atoms with Crippen molar-refractivity contribution in [2.45, 2.75) is 79.1 Å². The van der Waals surface area contributed by atoms with Gasteiger partial charge in [-0.2, -0.15) is 0 Å². The third kappa shape index (κ3) is 9.41. The van der Waals surface area contributed by atoms with Crippen molar-refractivity contribution in [1.29, 1.82) is 0 Å². The molecule has 0 heterocycles. The topological polar surface area (TPSA) is 47.9 Å². The molecule has 1 aromatic carbocycles. The molecular formula is C22H38BO4. The Morgan fingerprint density at radius 1 is 0.852 bits per heavy atom. The summed E-state index contributed by atoms with van der Waals surface area (Å²) in [5.41, 5.74) is 0. The van der Waals surface area contributed by atoms with Gasteiger partial charge in [0.05, 0.1) is 13.2 Å². The molecule has 0 amide bonds. The van der Waals surface area contributed by atoms with Crippen LogP contribution >= 0.6 is 0 Å². The predicted molar refractivity (Wildman–Crippen MR) is 113 cm³/mol. The molecule has 1 radical (unpaired) electrons. The Morgan fingerprint density at radius 2 is 1.41 bits per heavy atom. The second kappa shape index (κ2) is 14.7. The van der Waals surface area contributed by atoms with Crippen LogP contribution in [0.2, 0.25) is 0 Å². The summed E-state index contributed by atoms with van der Waals surface area (Å²) in [4.78, 5) is 0. The molecule has 0 saturated heterocycles. The number of unbranched alkanes of at least 4 members (excludes halogenated alkanes) is 2. The normalized spacial score (nSPS) is 13.1. The van der Waals surface area contributed by atoms with Crippen LogP contribution in [0.15, 0.2) is 18.2 Å². The van der Waals surface area contributed by atoms with E-state index in [1.807, 2.05) is 6.07 Å². The monoisotopic (exact) mass is 377 g/mol. The second-order valence-electron chi connectivity index (χ2n) is 7.29. The summed E-state index contributed by atoms with van der Waals surface area (Å²) in [6.07, 6.45) is 9.47. The molecule has 1 N–H and O–H groups in total. The van der Waals surface area contributed by atoms with Gasteiger partial charge in [-0.25, -0.2) is 0 Å². The van der Waals surface area contributed by atoms with Crippen LogP contribution in [-0.4, -0.2) is 25.9 Å². The maximum atomic E-state index is 8.90. The maximum absolute atomic E-state index is 8.90. The Balaban J connectivity index is 2.76. The molecular weight excluding hydrogens is 339 g/mol. The molecule has 0 aliphatic carbocycles. The van der Waals surface area contributed by atoms with Gasteiger partial charge in [-0.3, -0.25) is 0 Å². The van der Waals surface area contributed by atoms with E-state index in [1.165, 1.54) is 38.5 Å². The number of rotatable bonds is 16. The third-order valence-electron chi connectivity index (χ3n) is 5.14. The van der Waals surface area contributed by atoms with Gasteiger partial charge in [0.15, 0.2) is 11.5 Å². The molecule has 2 unspecified atom stereocenters. The second-order valence-corrected chi connectivity index (χ2v) is 7.29. The Bertz CT molecular complexity index is 495. The van der Waals surface area contributed by atoms with Crippen LogP contribution in [0, 0.1) is 11.8 Å². The van der Waals surface area contributed by atoms with Crippen LogP contribution in [0.4, 0.5) is 0 Å². The van der Waals surface area contributed by atoms with Gasteiger partial charge in [-0.1, -0.05) is 66.2 Å². The zero-order chi connectivity index (χ0) is 19.9. The number of ether oxygens (including phenoxy) is 2. The zero-order valence-electron chi connectivity index (χ0n) is 17.7. The van der Waals surface area contributed by atoms with Crippen molar-refractivity contribution in [1.82, 2.24) is 0 Å². The molecule has 1 rings (SSSR count). The molecule has 0 fully saturated rings.